The number of hydrogen-bond donors (Lipinski definition) is 3. The number of hydrogen-bond acceptors (Lipinski definition) is 3. The summed E-state index contributed by atoms with van der Waals surface area (Å²) in [6, 6.07) is 3.45. The van der Waals surface area contributed by atoms with Gasteiger partial charge in [0.2, 0.25) is 0 Å². The van der Waals surface area contributed by atoms with Crippen molar-refractivity contribution in [2.45, 2.75) is 26.7 Å². The summed E-state index contributed by atoms with van der Waals surface area (Å²) in [7, 11) is 0. The molecule has 1 aromatic carbocycles. The van der Waals surface area contributed by atoms with Crippen LogP contribution in [0.3, 0.4) is 0 Å². The summed E-state index contributed by atoms with van der Waals surface area (Å²) < 4.78 is 0. The van der Waals surface area contributed by atoms with Gasteiger partial charge in [-0.3, -0.25) is 0 Å². The van der Waals surface area contributed by atoms with Gasteiger partial charge in [0, 0.05) is 5.56 Å². The second-order valence-electron chi connectivity index (χ2n) is 3.54. The molecule has 0 fully saturated rings. The molecule has 1 rings (SSSR count). The molecule has 0 saturated carbocycles. The SMILES string of the molecule is CCCc1cc(/C(N)=N/O)cc(C)c1O. The fourth-order valence-electron chi connectivity index (χ4n) is 1.52. The van der Waals surface area contributed by atoms with E-state index in [-0.39, 0.29) is 5.84 Å². The Morgan fingerprint density at radius 3 is 2.67 bits per heavy atom. The molecule has 4 N–H and O–H groups in total. The van der Waals surface area contributed by atoms with Crippen LogP contribution in [0.1, 0.15) is 30.0 Å². The molecule has 0 bridgehead atoms. The zero-order chi connectivity index (χ0) is 11.4. The highest BCUT2D eigenvalue weighted by Crippen LogP contribution is 2.25. The summed E-state index contributed by atoms with van der Waals surface area (Å²) in [6.07, 6.45) is 1.71. The minimum absolute atomic E-state index is 0.0652. The second-order valence-corrected chi connectivity index (χ2v) is 3.54. The molecule has 1 aromatic rings. The molecule has 0 atom stereocenters. The Morgan fingerprint density at radius 2 is 2.13 bits per heavy atom. The van der Waals surface area contributed by atoms with Crippen LogP contribution in [0.5, 0.6) is 5.75 Å². The maximum Gasteiger partial charge on any atom is 0.170 e. The van der Waals surface area contributed by atoms with E-state index in [1.807, 2.05) is 6.92 Å². The number of amidine groups is 1. The van der Waals surface area contributed by atoms with E-state index in [0.29, 0.717) is 11.3 Å². The molecular formula is C11H16N2O2. The molecule has 4 heteroatoms. The molecule has 0 spiro atoms. The standard InChI is InChI=1S/C11H16N2O2/c1-3-4-8-6-9(11(12)13-15)5-7(2)10(8)14/h5-6,14-15H,3-4H2,1-2H3,(H2,12,13). The predicted octanol–water partition coefficient (Wildman–Crippen LogP) is 1.75. The highest BCUT2D eigenvalue weighted by molar-refractivity contribution is 5.97. The fraction of sp³-hybridized carbons (Fsp3) is 0.364. The number of benzene rings is 1. The Kier molecular flexibility index (Phi) is 3.55. The zero-order valence-electron chi connectivity index (χ0n) is 8.99. The third kappa shape index (κ3) is 2.40. The van der Waals surface area contributed by atoms with Crippen molar-refractivity contribution >= 4 is 5.84 Å². The number of nitrogens with zero attached hydrogens (tertiary/aromatic N) is 1. The van der Waals surface area contributed by atoms with E-state index in [1.165, 1.54) is 0 Å². The van der Waals surface area contributed by atoms with Gasteiger partial charge in [0.1, 0.15) is 5.75 Å². The smallest absolute Gasteiger partial charge is 0.170 e. The number of aryl methyl sites for hydroxylation is 2. The Morgan fingerprint density at radius 1 is 1.47 bits per heavy atom. The van der Waals surface area contributed by atoms with Crippen molar-refractivity contribution in [3.8, 4) is 5.75 Å². The van der Waals surface area contributed by atoms with Gasteiger partial charge < -0.3 is 16.0 Å². The average Bonchev–Trinajstić information content (AvgIpc) is 2.23. The first-order valence-electron chi connectivity index (χ1n) is 4.90. The molecular weight excluding hydrogens is 192 g/mol. The van der Waals surface area contributed by atoms with Crippen LogP contribution in [-0.2, 0) is 6.42 Å². The van der Waals surface area contributed by atoms with Crippen molar-refractivity contribution in [1.82, 2.24) is 0 Å². The van der Waals surface area contributed by atoms with E-state index in [4.69, 9.17) is 10.9 Å². The van der Waals surface area contributed by atoms with Gasteiger partial charge in [0.05, 0.1) is 0 Å². The van der Waals surface area contributed by atoms with Crippen LogP contribution in [-0.4, -0.2) is 16.1 Å². The van der Waals surface area contributed by atoms with Crippen LogP contribution >= 0.6 is 0 Å². The van der Waals surface area contributed by atoms with Crippen LogP contribution < -0.4 is 5.73 Å². The summed E-state index contributed by atoms with van der Waals surface area (Å²) >= 11 is 0. The quantitative estimate of drug-likeness (QED) is 0.306. The van der Waals surface area contributed by atoms with Crippen LogP contribution in [0.25, 0.3) is 0 Å². The van der Waals surface area contributed by atoms with Crippen LogP contribution in [0.4, 0.5) is 0 Å². The van der Waals surface area contributed by atoms with E-state index in [2.05, 4.69) is 5.16 Å². The van der Waals surface area contributed by atoms with E-state index >= 15 is 0 Å². The monoisotopic (exact) mass is 208 g/mol. The number of oxime groups is 1. The first-order chi connectivity index (χ1) is 7.10. The Hall–Kier alpha value is -1.71. The minimum atomic E-state index is 0.0652. The molecule has 0 amide bonds. The minimum Gasteiger partial charge on any atom is -0.507 e. The number of aromatic hydroxyl groups is 1. The number of nitrogens with two attached hydrogens (primary N) is 1. The lowest BCUT2D eigenvalue weighted by atomic mass is 10.0. The lowest BCUT2D eigenvalue weighted by Crippen LogP contribution is -2.13. The van der Waals surface area contributed by atoms with Crippen molar-refractivity contribution in [2.24, 2.45) is 10.9 Å². The summed E-state index contributed by atoms with van der Waals surface area (Å²) in [6.45, 7) is 3.83. The van der Waals surface area contributed by atoms with Crippen LogP contribution in [0, 0.1) is 6.92 Å². The molecule has 0 aromatic heterocycles. The molecule has 0 radical (unpaired) electrons. The lowest BCUT2D eigenvalue weighted by Gasteiger charge is -2.09. The topological polar surface area (TPSA) is 78.8 Å². The van der Waals surface area contributed by atoms with Gasteiger partial charge in [-0.1, -0.05) is 18.5 Å². The summed E-state index contributed by atoms with van der Waals surface area (Å²) in [5.41, 5.74) is 7.70. The third-order valence-electron chi connectivity index (χ3n) is 2.30. The second kappa shape index (κ2) is 4.68. The largest absolute Gasteiger partial charge is 0.507 e. The molecule has 82 valence electrons. The maximum absolute atomic E-state index is 9.76. The Balaban J connectivity index is 3.23. The highest BCUT2D eigenvalue weighted by Gasteiger charge is 2.08. The number of phenolic OH excluding ortho intramolecular Hbond substituents is 1. The van der Waals surface area contributed by atoms with E-state index in [1.54, 1.807) is 19.1 Å². The van der Waals surface area contributed by atoms with Crippen molar-refractivity contribution in [2.75, 3.05) is 0 Å². The molecule has 0 aliphatic heterocycles. The summed E-state index contributed by atoms with van der Waals surface area (Å²) in [5, 5.41) is 21.3. The van der Waals surface area contributed by atoms with Gasteiger partial charge in [-0.05, 0) is 36.6 Å². The number of phenols is 1. The van der Waals surface area contributed by atoms with Crippen molar-refractivity contribution in [3.05, 3.63) is 28.8 Å². The van der Waals surface area contributed by atoms with Gasteiger partial charge in [0.15, 0.2) is 5.84 Å². The summed E-state index contributed by atoms with van der Waals surface area (Å²) in [4.78, 5) is 0. The molecule has 0 aliphatic carbocycles. The maximum atomic E-state index is 9.76. The molecule has 0 saturated heterocycles. The molecule has 0 unspecified atom stereocenters. The van der Waals surface area contributed by atoms with Gasteiger partial charge >= 0.3 is 0 Å². The number of rotatable bonds is 3. The molecule has 0 heterocycles. The van der Waals surface area contributed by atoms with E-state index < -0.39 is 0 Å². The van der Waals surface area contributed by atoms with Crippen molar-refractivity contribution in [3.63, 3.8) is 0 Å². The average molecular weight is 208 g/mol. The van der Waals surface area contributed by atoms with Crippen LogP contribution in [0.15, 0.2) is 17.3 Å². The van der Waals surface area contributed by atoms with Gasteiger partial charge in [-0.15, -0.1) is 0 Å². The third-order valence-corrected chi connectivity index (χ3v) is 2.30. The van der Waals surface area contributed by atoms with E-state index in [0.717, 1.165) is 24.0 Å². The molecule has 15 heavy (non-hydrogen) atoms. The molecule has 4 nitrogen and oxygen atoms in total. The molecule has 0 aliphatic rings. The fourth-order valence-corrected chi connectivity index (χ4v) is 1.52. The normalized spacial score (nSPS) is 11.7. The first kappa shape index (κ1) is 11.4. The Labute approximate surface area is 89.0 Å². The highest BCUT2D eigenvalue weighted by atomic mass is 16.4. The lowest BCUT2D eigenvalue weighted by molar-refractivity contribution is 0.318. The van der Waals surface area contributed by atoms with Crippen molar-refractivity contribution < 1.29 is 10.3 Å². The van der Waals surface area contributed by atoms with Gasteiger partial charge in [-0.25, -0.2) is 0 Å². The van der Waals surface area contributed by atoms with Gasteiger partial charge in [0.25, 0.3) is 0 Å². The van der Waals surface area contributed by atoms with Gasteiger partial charge in [-0.2, -0.15) is 0 Å². The first-order valence-corrected chi connectivity index (χ1v) is 4.90. The zero-order valence-corrected chi connectivity index (χ0v) is 8.99. The van der Waals surface area contributed by atoms with Crippen LogP contribution in [0.2, 0.25) is 0 Å². The van der Waals surface area contributed by atoms with Crippen molar-refractivity contribution in [1.29, 1.82) is 0 Å². The summed E-state index contributed by atoms with van der Waals surface area (Å²) in [5.74, 6) is 0.363. The Bertz CT molecular complexity index is 386. The predicted molar refractivity (Wildman–Crippen MR) is 59.3 cm³/mol. The van der Waals surface area contributed by atoms with E-state index in [9.17, 15) is 5.11 Å².